The van der Waals surface area contributed by atoms with Gasteiger partial charge in [-0.1, -0.05) is 6.92 Å². The van der Waals surface area contributed by atoms with Crippen LogP contribution in [0.4, 0.5) is 8.78 Å². The lowest BCUT2D eigenvalue weighted by atomic mass is 10.1. The third kappa shape index (κ3) is 5.83. The first-order chi connectivity index (χ1) is 8.28. The summed E-state index contributed by atoms with van der Waals surface area (Å²) in [5, 5.41) is 3.41. The predicted octanol–water partition coefficient (Wildman–Crippen LogP) is 4.08. The number of rotatable bonds is 5. The predicted molar refractivity (Wildman–Crippen MR) is 74.0 cm³/mol. The Morgan fingerprint density at radius 3 is 2.50 bits per heavy atom. The molecule has 0 spiro atoms. The minimum Gasteiger partial charge on any atom is -0.312 e. The maximum absolute atomic E-state index is 13.4. The summed E-state index contributed by atoms with van der Waals surface area (Å²) in [5.74, 6) is 0.236. The molecule has 0 saturated carbocycles. The molecular formula is C14H21F2NS. The molecule has 18 heavy (non-hydrogen) atoms. The van der Waals surface area contributed by atoms with E-state index in [1.165, 1.54) is 23.9 Å². The lowest BCUT2D eigenvalue weighted by Gasteiger charge is -2.23. The second-order valence-corrected chi connectivity index (χ2v) is 6.68. The van der Waals surface area contributed by atoms with Gasteiger partial charge in [0.15, 0.2) is 0 Å². The van der Waals surface area contributed by atoms with Gasteiger partial charge in [0, 0.05) is 22.3 Å². The minimum absolute atomic E-state index is 0.0973. The molecule has 1 aromatic carbocycles. The van der Waals surface area contributed by atoms with Gasteiger partial charge >= 0.3 is 0 Å². The standard InChI is InChI=1S/C14H21F2NS/c1-10(8-17-14(2,3)4)9-18-13-6-5-11(15)7-12(13)16/h5-7,10,17H,8-9H2,1-4H3. The van der Waals surface area contributed by atoms with Gasteiger partial charge < -0.3 is 5.32 Å². The Bertz CT molecular complexity index is 388. The van der Waals surface area contributed by atoms with Crippen LogP contribution in [-0.2, 0) is 0 Å². The quantitative estimate of drug-likeness (QED) is 0.811. The Hall–Kier alpha value is -0.610. The number of halogens is 2. The van der Waals surface area contributed by atoms with Gasteiger partial charge in [0.1, 0.15) is 11.6 Å². The van der Waals surface area contributed by atoms with Gasteiger partial charge in [-0.3, -0.25) is 0 Å². The number of hydrogen-bond donors (Lipinski definition) is 1. The van der Waals surface area contributed by atoms with Crippen LogP contribution in [0.1, 0.15) is 27.7 Å². The van der Waals surface area contributed by atoms with E-state index in [-0.39, 0.29) is 5.54 Å². The fourth-order valence-corrected chi connectivity index (χ4v) is 2.31. The van der Waals surface area contributed by atoms with Gasteiger partial charge in [0.2, 0.25) is 0 Å². The number of thioether (sulfide) groups is 1. The van der Waals surface area contributed by atoms with Gasteiger partial charge in [0.05, 0.1) is 0 Å². The van der Waals surface area contributed by atoms with Gasteiger partial charge in [-0.05, 0) is 45.4 Å². The lowest BCUT2D eigenvalue weighted by Crippen LogP contribution is -2.39. The Morgan fingerprint density at radius 1 is 1.28 bits per heavy atom. The molecule has 1 N–H and O–H groups in total. The highest BCUT2D eigenvalue weighted by Crippen LogP contribution is 2.24. The number of benzene rings is 1. The third-order valence-corrected chi connectivity index (χ3v) is 3.78. The summed E-state index contributed by atoms with van der Waals surface area (Å²) >= 11 is 1.43. The van der Waals surface area contributed by atoms with Gasteiger partial charge in [-0.25, -0.2) is 8.78 Å². The van der Waals surface area contributed by atoms with Crippen LogP contribution >= 0.6 is 11.8 Å². The second kappa shape index (κ2) is 6.53. The van der Waals surface area contributed by atoms with E-state index in [4.69, 9.17) is 0 Å². The maximum Gasteiger partial charge on any atom is 0.139 e. The minimum atomic E-state index is -0.528. The lowest BCUT2D eigenvalue weighted by molar-refractivity contribution is 0.395. The first-order valence-corrected chi connectivity index (χ1v) is 7.09. The molecular weight excluding hydrogens is 252 g/mol. The van der Waals surface area contributed by atoms with Crippen molar-refractivity contribution in [2.75, 3.05) is 12.3 Å². The molecule has 0 aliphatic heterocycles. The van der Waals surface area contributed by atoms with Crippen LogP contribution in [0.3, 0.4) is 0 Å². The van der Waals surface area contributed by atoms with Crippen molar-refractivity contribution in [2.24, 2.45) is 5.92 Å². The number of hydrogen-bond acceptors (Lipinski definition) is 2. The maximum atomic E-state index is 13.4. The molecule has 0 aliphatic carbocycles. The van der Waals surface area contributed by atoms with E-state index in [2.05, 4.69) is 33.0 Å². The normalized spacial score (nSPS) is 13.7. The van der Waals surface area contributed by atoms with Crippen LogP contribution in [0.25, 0.3) is 0 Å². The Kier molecular flexibility index (Phi) is 5.60. The van der Waals surface area contributed by atoms with Crippen molar-refractivity contribution < 1.29 is 8.78 Å². The summed E-state index contributed by atoms with van der Waals surface area (Å²) in [7, 11) is 0. The molecule has 1 atom stereocenters. The summed E-state index contributed by atoms with van der Waals surface area (Å²) in [5.41, 5.74) is 0.0973. The fraction of sp³-hybridized carbons (Fsp3) is 0.571. The summed E-state index contributed by atoms with van der Waals surface area (Å²) in [6, 6.07) is 3.73. The summed E-state index contributed by atoms with van der Waals surface area (Å²) in [4.78, 5) is 0.513. The molecule has 0 radical (unpaired) electrons. The zero-order chi connectivity index (χ0) is 13.8. The summed E-state index contributed by atoms with van der Waals surface area (Å²) in [6.45, 7) is 9.36. The number of nitrogens with one attached hydrogen (secondary N) is 1. The Balaban J connectivity index is 2.40. The highest BCUT2D eigenvalue weighted by Gasteiger charge is 2.12. The van der Waals surface area contributed by atoms with Crippen molar-refractivity contribution in [3.05, 3.63) is 29.8 Å². The summed E-state index contributed by atoms with van der Waals surface area (Å²) < 4.78 is 26.1. The molecule has 1 aromatic rings. The SMILES string of the molecule is CC(CNC(C)(C)C)CSc1ccc(F)cc1F. The van der Waals surface area contributed by atoms with E-state index in [1.807, 2.05) is 0 Å². The van der Waals surface area contributed by atoms with E-state index >= 15 is 0 Å². The molecule has 0 aliphatic rings. The van der Waals surface area contributed by atoms with Crippen LogP contribution in [0.5, 0.6) is 0 Å². The zero-order valence-corrected chi connectivity index (χ0v) is 12.2. The van der Waals surface area contributed by atoms with Gasteiger partial charge in [-0.15, -0.1) is 11.8 Å². The average molecular weight is 273 g/mol. The molecule has 1 unspecified atom stereocenters. The first kappa shape index (κ1) is 15.4. The van der Waals surface area contributed by atoms with Crippen LogP contribution in [0, 0.1) is 17.6 Å². The van der Waals surface area contributed by atoms with Gasteiger partial charge in [-0.2, -0.15) is 0 Å². The van der Waals surface area contributed by atoms with Crippen molar-refractivity contribution in [2.45, 2.75) is 38.1 Å². The Morgan fingerprint density at radius 2 is 1.94 bits per heavy atom. The average Bonchev–Trinajstić information content (AvgIpc) is 2.24. The van der Waals surface area contributed by atoms with E-state index < -0.39 is 11.6 Å². The van der Waals surface area contributed by atoms with Crippen molar-refractivity contribution >= 4 is 11.8 Å². The smallest absolute Gasteiger partial charge is 0.139 e. The molecule has 4 heteroatoms. The van der Waals surface area contributed by atoms with E-state index in [0.717, 1.165) is 18.4 Å². The third-order valence-electron chi connectivity index (χ3n) is 2.40. The largest absolute Gasteiger partial charge is 0.312 e. The molecule has 0 aromatic heterocycles. The van der Waals surface area contributed by atoms with E-state index in [1.54, 1.807) is 0 Å². The van der Waals surface area contributed by atoms with Gasteiger partial charge in [0.25, 0.3) is 0 Å². The highest BCUT2D eigenvalue weighted by atomic mass is 32.2. The molecule has 1 nitrogen and oxygen atoms in total. The molecule has 1 rings (SSSR count). The zero-order valence-electron chi connectivity index (χ0n) is 11.4. The van der Waals surface area contributed by atoms with Crippen LogP contribution in [-0.4, -0.2) is 17.8 Å². The first-order valence-electron chi connectivity index (χ1n) is 6.11. The van der Waals surface area contributed by atoms with Crippen LogP contribution in [0.2, 0.25) is 0 Å². The van der Waals surface area contributed by atoms with E-state index in [9.17, 15) is 8.78 Å². The van der Waals surface area contributed by atoms with Crippen molar-refractivity contribution in [1.82, 2.24) is 5.32 Å². The highest BCUT2D eigenvalue weighted by molar-refractivity contribution is 7.99. The molecule has 0 bridgehead atoms. The second-order valence-electron chi connectivity index (χ2n) is 5.62. The van der Waals surface area contributed by atoms with Crippen molar-refractivity contribution in [3.8, 4) is 0 Å². The monoisotopic (exact) mass is 273 g/mol. The molecule has 0 amide bonds. The fourth-order valence-electron chi connectivity index (χ4n) is 1.36. The summed E-state index contributed by atoms with van der Waals surface area (Å²) in [6.07, 6.45) is 0. The molecule has 0 fully saturated rings. The topological polar surface area (TPSA) is 12.0 Å². The van der Waals surface area contributed by atoms with Crippen molar-refractivity contribution in [1.29, 1.82) is 0 Å². The Labute approximate surface area is 112 Å². The molecule has 0 saturated heterocycles. The van der Waals surface area contributed by atoms with Crippen molar-refractivity contribution in [3.63, 3.8) is 0 Å². The van der Waals surface area contributed by atoms with Crippen LogP contribution < -0.4 is 5.32 Å². The molecule has 102 valence electrons. The van der Waals surface area contributed by atoms with E-state index in [0.29, 0.717) is 10.8 Å². The van der Waals surface area contributed by atoms with Crippen LogP contribution in [0.15, 0.2) is 23.1 Å². The molecule has 0 heterocycles.